The van der Waals surface area contributed by atoms with Crippen molar-refractivity contribution in [3.8, 4) is 0 Å². The predicted octanol–water partition coefficient (Wildman–Crippen LogP) is 1.68. The average Bonchev–Trinajstić information content (AvgIpc) is 3.23. The number of amides is 2. The first-order chi connectivity index (χ1) is 9.22. The fraction of sp³-hybridized carbons (Fsp3) is 0.533. The third kappa shape index (κ3) is 3.07. The zero-order valence-corrected chi connectivity index (χ0v) is 11.1. The number of nitrogens with one attached hydrogen (secondary N) is 1. The fourth-order valence-corrected chi connectivity index (χ4v) is 2.95. The Morgan fingerprint density at radius 2 is 1.89 bits per heavy atom. The van der Waals surface area contributed by atoms with Gasteiger partial charge in [0.2, 0.25) is 0 Å². The number of hydrogen-bond donors (Lipinski definition) is 2. The van der Waals surface area contributed by atoms with Crippen molar-refractivity contribution in [2.75, 3.05) is 13.1 Å². The van der Waals surface area contributed by atoms with E-state index in [-0.39, 0.29) is 6.03 Å². The second kappa shape index (κ2) is 5.21. The van der Waals surface area contributed by atoms with E-state index in [9.17, 15) is 4.79 Å². The summed E-state index contributed by atoms with van der Waals surface area (Å²) in [7, 11) is 0. The van der Waals surface area contributed by atoms with Crippen LogP contribution in [0.4, 0.5) is 4.79 Å². The summed E-state index contributed by atoms with van der Waals surface area (Å²) < 4.78 is 0. The van der Waals surface area contributed by atoms with Crippen LogP contribution in [-0.4, -0.2) is 36.1 Å². The number of urea groups is 1. The quantitative estimate of drug-likeness (QED) is 0.867. The van der Waals surface area contributed by atoms with E-state index in [0.29, 0.717) is 18.0 Å². The van der Waals surface area contributed by atoms with Crippen LogP contribution in [-0.2, 0) is 0 Å². The van der Waals surface area contributed by atoms with E-state index in [2.05, 4.69) is 29.6 Å². The van der Waals surface area contributed by atoms with Gasteiger partial charge in [-0.05, 0) is 24.8 Å². The molecule has 0 aromatic heterocycles. The van der Waals surface area contributed by atoms with Crippen molar-refractivity contribution in [1.29, 1.82) is 0 Å². The molecule has 1 saturated heterocycles. The van der Waals surface area contributed by atoms with Crippen LogP contribution in [0.5, 0.6) is 0 Å². The minimum atomic E-state index is -0.303. The molecule has 1 saturated carbocycles. The predicted molar refractivity (Wildman–Crippen MR) is 74.9 cm³/mol. The maximum Gasteiger partial charge on any atom is 0.314 e. The first kappa shape index (κ1) is 12.5. The van der Waals surface area contributed by atoms with Crippen LogP contribution in [0.25, 0.3) is 0 Å². The molecule has 4 heteroatoms. The van der Waals surface area contributed by atoms with Crippen molar-refractivity contribution in [2.45, 2.75) is 37.3 Å². The van der Waals surface area contributed by atoms with Crippen molar-refractivity contribution >= 4 is 6.03 Å². The molecule has 1 heterocycles. The molecule has 1 aromatic carbocycles. The maximum absolute atomic E-state index is 11.5. The van der Waals surface area contributed by atoms with Gasteiger partial charge in [-0.25, -0.2) is 4.79 Å². The summed E-state index contributed by atoms with van der Waals surface area (Å²) in [6.45, 7) is 1.48. The van der Waals surface area contributed by atoms with Gasteiger partial charge in [0.05, 0.1) is 0 Å². The maximum atomic E-state index is 11.5. The van der Waals surface area contributed by atoms with Crippen LogP contribution in [0.1, 0.15) is 30.7 Å². The highest BCUT2D eigenvalue weighted by Crippen LogP contribution is 2.29. The van der Waals surface area contributed by atoms with Gasteiger partial charge in [-0.15, -0.1) is 0 Å². The van der Waals surface area contributed by atoms with Gasteiger partial charge in [-0.2, -0.15) is 0 Å². The molecule has 3 N–H and O–H groups in total. The number of carbonyl (C=O) groups is 1. The van der Waals surface area contributed by atoms with Gasteiger partial charge in [0.15, 0.2) is 0 Å². The van der Waals surface area contributed by atoms with Gasteiger partial charge in [0.1, 0.15) is 0 Å². The van der Waals surface area contributed by atoms with Crippen molar-refractivity contribution < 1.29 is 4.79 Å². The van der Waals surface area contributed by atoms with E-state index in [1.807, 2.05) is 6.07 Å². The molecule has 0 radical (unpaired) electrons. The molecular formula is C15H21N3O. The van der Waals surface area contributed by atoms with Gasteiger partial charge < -0.3 is 16.0 Å². The number of carbonyl (C=O) groups excluding carboxylic acids is 1. The highest BCUT2D eigenvalue weighted by molar-refractivity contribution is 5.72. The molecule has 1 aliphatic carbocycles. The normalized spacial score (nSPS) is 27.3. The highest BCUT2D eigenvalue weighted by Gasteiger charge is 2.33. The lowest BCUT2D eigenvalue weighted by molar-refractivity contribution is 0.171. The summed E-state index contributed by atoms with van der Waals surface area (Å²) in [4.78, 5) is 13.3. The number of likely N-dealkylation sites (tertiary alicyclic amines) is 1. The molecule has 19 heavy (non-hydrogen) atoms. The van der Waals surface area contributed by atoms with Gasteiger partial charge in [0, 0.05) is 31.1 Å². The zero-order chi connectivity index (χ0) is 13.2. The number of nitrogens with two attached hydrogens (primary N) is 1. The smallest absolute Gasteiger partial charge is 0.314 e. The Hall–Kier alpha value is -1.55. The fourth-order valence-electron chi connectivity index (χ4n) is 2.95. The third-order valence-electron chi connectivity index (χ3n) is 4.08. The Bertz CT molecular complexity index is 444. The summed E-state index contributed by atoms with van der Waals surface area (Å²) in [6, 6.07) is 11.2. The molecule has 0 spiro atoms. The Labute approximate surface area is 114 Å². The van der Waals surface area contributed by atoms with Crippen molar-refractivity contribution in [1.82, 2.24) is 10.2 Å². The number of piperidine rings is 1. The van der Waals surface area contributed by atoms with Crippen LogP contribution in [0, 0.1) is 0 Å². The molecule has 2 fully saturated rings. The number of primary amides is 1. The molecule has 102 valence electrons. The monoisotopic (exact) mass is 259 g/mol. The minimum absolute atomic E-state index is 0.303. The van der Waals surface area contributed by atoms with Gasteiger partial charge in [-0.1, -0.05) is 30.3 Å². The molecule has 3 rings (SSSR count). The Morgan fingerprint density at radius 1 is 1.16 bits per heavy atom. The van der Waals surface area contributed by atoms with Crippen LogP contribution in [0.2, 0.25) is 0 Å². The van der Waals surface area contributed by atoms with Crippen molar-refractivity contribution in [2.24, 2.45) is 5.73 Å². The van der Waals surface area contributed by atoms with E-state index in [1.165, 1.54) is 18.4 Å². The molecule has 1 aliphatic heterocycles. The molecule has 2 atom stereocenters. The van der Waals surface area contributed by atoms with Gasteiger partial charge in [0.25, 0.3) is 0 Å². The van der Waals surface area contributed by atoms with Crippen molar-refractivity contribution in [3.05, 3.63) is 35.9 Å². The van der Waals surface area contributed by atoms with E-state index >= 15 is 0 Å². The second-order valence-electron chi connectivity index (χ2n) is 5.72. The largest absolute Gasteiger partial charge is 0.351 e. The SMILES string of the molecule is NC(=O)N1CC(NC2CC2)CC(c2ccccc2)C1. The van der Waals surface area contributed by atoms with E-state index in [0.717, 1.165) is 19.5 Å². The van der Waals surface area contributed by atoms with Crippen molar-refractivity contribution in [3.63, 3.8) is 0 Å². The number of benzene rings is 1. The lowest BCUT2D eigenvalue weighted by Crippen LogP contribution is -2.52. The van der Waals surface area contributed by atoms with E-state index in [4.69, 9.17) is 5.73 Å². The average molecular weight is 259 g/mol. The Kier molecular flexibility index (Phi) is 3.42. The summed E-state index contributed by atoms with van der Waals surface area (Å²) in [5.74, 6) is 0.388. The van der Waals surface area contributed by atoms with Crippen LogP contribution >= 0.6 is 0 Å². The van der Waals surface area contributed by atoms with Crippen LogP contribution in [0.15, 0.2) is 30.3 Å². The molecule has 2 unspecified atom stereocenters. The molecule has 0 bridgehead atoms. The first-order valence-electron chi connectivity index (χ1n) is 7.08. The molecule has 1 aromatic rings. The third-order valence-corrected chi connectivity index (χ3v) is 4.08. The summed E-state index contributed by atoms with van der Waals surface area (Å²) in [5.41, 5.74) is 6.78. The molecular weight excluding hydrogens is 238 g/mol. The van der Waals surface area contributed by atoms with Gasteiger partial charge >= 0.3 is 6.03 Å². The standard InChI is InChI=1S/C15H21N3O/c16-15(19)18-9-12(11-4-2-1-3-5-11)8-14(10-18)17-13-6-7-13/h1-5,12-14,17H,6-10H2,(H2,16,19). The molecule has 4 nitrogen and oxygen atoms in total. The zero-order valence-electron chi connectivity index (χ0n) is 11.1. The summed E-state index contributed by atoms with van der Waals surface area (Å²) in [5, 5.41) is 3.63. The number of nitrogens with zero attached hydrogens (tertiary/aromatic N) is 1. The van der Waals surface area contributed by atoms with Crippen LogP contribution in [0.3, 0.4) is 0 Å². The van der Waals surface area contributed by atoms with E-state index < -0.39 is 0 Å². The Morgan fingerprint density at radius 3 is 2.53 bits per heavy atom. The summed E-state index contributed by atoms with van der Waals surface area (Å²) in [6.07, 6.45) is 3.62. The van der Waals surface area contributed by atoms with E-state index in [1.54, 1.807) is 4.90 Å². The molecule has 2 amide bonds. The first-order valence-corrected chi connectivity index (χ1v) is 7.08. The minimum Gasteiger partial charge on any atom is -0.351 e. The number of hydrogen-bond acceptors (Lipinski definition) is 2. The second-order valence-corrected chi connectivity index (χ2v) is 5.72. The highest BCUT2D eigenvalue weighted by atomic mass is 16.2. The number of rotatable bonds is 3. The van der Waals surface area contributed by atoms with Gasteiger partial charge in [-0.3, -0.25) is 0 Å². The van der Waals surface area contributed by atoms with Crippen LogP contribution < -0.4 is 11.1 Å². The lowest BCUT2D eigenvalue weighted by Gasteiger charge is -2.37. The topological polar surface area (TPSA) is 58.4 Å². The lowest BCUT2D eigenvalue weighted by atomic mass is 9.88. The molecule has 2 aliphatic rings. The summed E-state index contributed by atoms with van der Waals surface area (Å²) >= 11 is 0. The Balaban J connectivity index is 1.73.